The van der Waals surface area contributed by atoms with Gasteiger partial charge in [-0.1, -0.05) is 40.0 Å². The normalized spacial score (nSPS) is 18.4. The van der Waals surface area contributed by atoms with Crippen LogP contribution in [-0.2, 0) is 12.8 Å². The van der Waals surface area contributed by atoms with Crippen molar-refractivity contribution in [2.45, 2.75) is 65.7 Å². The first kappa shape index (κ1) is 15.2. The van der Waals surface area contributed by atoms with Crippen molar-refractivity contribution in [1.29, 1.82) is 0 Å². The Morgan fingerprint density at radius 1 is 1.20 bits per heavy atom. The molecule has 1 unspecified atom stereocenters. The third-order valence-corrected chi connectivity index (χ3v) is 4.46. The molecule has 0 saturated heterocycles. The molecule has 0 saturated carbocycles. The quantitative estimate of drug-likeness (QED) is 0.709. The first-order valence-electron chi connectivity index (χ1n) is 8.13. The van der Waals surface area contributed by atoms with Gasteiger partial charge in [0.05, 0.1) is 5.69 Å². The van der Waals surface area contributed by atoms with Crippen LogP contribution < -0.4 is 0 Å². The van der Waals surface area contributed by atoms with Crippen LogP contribution in [0.3, 0.4) is 0 Å². The highest BCUT2D eigenvalue weighted by molar-refractivity contribution is 5.98. The SMILES string of the molecule is CCCCCCc1ccc2c(n1)CC(C(C)C)CC2=O. The minimum absolute atomic E-state index is 0.287. The number of nitrogens with zero attached hydrogens (tertiary/aromatic N) is 1. The molecule has 0 spiro atoms. The lowest BCUT2D eigenvalue weighted by Gasteiger charge is -2.26. The number of carbonyl (C=O) groups excluding carboxylic acids is 1. The summed E-state index contributed by atoms with van der Waals surface area (Å²) in [4.78, 5) is 16.9. The van der Waals surface area contributed by atoms with Gasteiger partial charge in [0, 0.05) is 17.7 Å². The van der Waals surface area contributed by atoms with E-state index in [1.54, 1.807) is 0 Å². The molecule has 0 N–H and O–H groups in total. The van der Waals surface area contributed by atoms with Crippen LogP contribution in [0.1, 0.15) is 74.6 Å². The molecule has 0 fully saturated rings. The number of Topliss-reactive ketones (excluding diaryl/α,β-unsaturated/α-hetero) is 1. The monoisotopic (exact) mass is 273 g/mol. The Bertz CT molecular complexity index is 464. The molecule has 0 amide bonds. The molecule has 0 radical (unpaired) electrons. The predicted octanol–water partition coefficient (Wildman–Crippen LogP) is 4.61. The topological polar surface area (TPSA) is 30.0 Å². The van der Waals surface area contributed by atoms with Crippen molar-refractivity contribution in [3.05, 3.63) is 29.1 Å². The number of fused-ring (bicyclic) bond motifs is 1. The van der Waals surface area contributed by atoms with Gasteiger partial charge >= 0.3 is 0 Å². The fourth-order valence-corrected chi connectivity index (χ4v) is 2.97. The zero-order chi connectivity index (χ0) is 14.5. The van der Waals surface area contributed by atoms with Crippen molar-refractivity contribution in [2.24, 2.45) is 11.8 Å². The predicted molar refractivity (Wildman–Crippen MR) is 83.1 cm³/mol. The Balaban J connectivity index is 2.06. The molecule has 1 aliphatic rings. The molecule has 110 valence electrons. The molecule has 2 nitrogen and oxygen atoms in total. The molecule has 0 bridgehead atoms. The average molecular weight is 273 g/mol. The first-order chi connectivity index (χ1) is 9.61. The Morgan fingerprint density at radius 2 is 2.00 bits per heavy atom. The molecule has 0 aromatic carbocycles. The first-order valence-corrected chi connectivity index (χ1v) is 8.13. The molecule has 2 rings (SSSR count). The third kappa shape index (κ3) is 3.68. The summed E-state index contributed by atoms with van der Waals surface area (Å²) in [5, 5.41) is 0. The van der Waals surface area contributed by atoms with E-state index in [0.717, 1.165) is 29.8 Å². The van der Waals surface area contributed by atoms with Crippen LogP contribution in [0.15, 0.2) is 12.1 Å². The summed E-state index contributed by atoms with van der Waals surface area (Å²) in [7, 11) is 0. The van der Waals surface area contributed by atoms with Crippen molar-refractivity contribution in [1.82, 2.24) is 4.98 Å². The van der Waals surface area contributed by atoms with Crippen molar-refractivity contribution >= 4 is 5.78 Å². The van der Waals surface area contributed by atoms with E-state index in [-0.39, 0.29) is 5.78 Å². The molecule has 20 heavy (non-hydrogen) atoms. The fraction of sp³-hybridized carbons (Fsp3) is 0.667. The molecule has 1 heterocycles. The fourth-order valence-electron chi connectivity index (χ4n) is 2.97. The van der Waals surface area contributed by atoms with Crippen LogP contribution >= 0.6 is 0 Å². The maximum Gasteiger partial charge on any atom is 0.165 e. The van der Waals surface area contributed by atoms with Crippen LogP contribution in [0.4, 0.5) is 0 Å². The van der Waals surface area contributed by atoms with Gasteiger partial charge in [0.1, 0.15) is 0 Å². The lowest BCUT2D eigenvalue weighted by Crippen LogP contribution is -2.25. The highest BCUT2D eigenvalue weighted by atomic mass is 16.1. The minimum Gasteiger partial charge on any atom is -0.294 e. The number of unbranched alkanes of at least 4 members (excludes halogenated alkanes) is 3. The average Bonchev–Trinajstić information content (AvgIpc) is 2.43. The number of carbonyl (C=O) groups is 1. The van der Waals surface area contributed by atoms with Crippen LogP contribution in [-0.4, -0.2) is 10.8 Å². The van der Waals surface area contributed by atoms with Gasteiger partial charge in [0.2, 0.25) is 0 Å². The number of hydrogen-bond donors (Lipinski definition) is 0. The Labute approximate surface area is 123 Å². The van der Waals surface area contributed by atoms with E-state index >= 15 is 0 Å². The lowest BCUT2D eigenvalue weighted by atomic mass is 9.79. The van der Waals surface area contributed by atoms with Gasteiger partial charge in [-0.05, 0) is 43.2 Å². The molecule has 1 aliphatic carbocycles. The summed E-state index contributed by atoms with van der Waals surface area (Å²) in [5.74, 6) is 1.31. The maximum absolute atomic E-state index is 12.2. The highest BCUT2D eigenvalue weighted by Crippen LogP contribution is 2.29. The highest BCUT2D eigenvalue weighted by Gasteiger charge is 2.27. The number of aryl methyl sites for hydroxylation is 1. The van der Waals surface area contributed by atoms with Gasteiger partial charge in [0.25, 0.3) is 0 Å². The zero-order valence-electron chi connectivity index (χ0n) is 13.1. The van der Waals surface area contributed by atoms with Crippen LogP contribution in [0.5, 0.6) is 0 Å². The summed E-state index contributed by atoms with van der Waals surface area (Å²) in [5.41, 5.74) is 3.09. The van der Waals surface area contributed by atoms with E-state index in [0.29, 0.717) is 18.3 Å². The van der Waals surface area contributed by atoms with E-state index in [4.69, 9.17) is 4.98 Å². The van der Waals surface area contributed by atoms with Crippen molar-refractivity contribution in [3.63, 3.8) is 0 Å². The summed E-state index contributed by atoms with van der Waals surface area (Å²) in [6.45, 7) is 6.64. The molecular weight excluding hydrogens is 246 g/mol. The second-order valence-corrected chi connectivity index (χ2v) is 6.44. The molecular formula is C18H27NO. The second kappa shape index (κ2) is 7.01. The Morgan fingerprint density at radius 3 is 2.70 bits per heavy atom. The van der Waals surface area contributed by atoms with E-state index in [2.05, 4.69) is 26.8 Å². The van der Waals surface area contributed by atoms with E-state index in [9.17, 15) is 4.79 Å². The Hall–Kier alpha value is -1.18. The Kier molecular flexibility index (Phi) is 5.33. The molecule has 1 aromatic heterocycles. The summed E-state index contributed by atoms with van der Waals surface area (Å²) < 4.78 is 0. The van der Waals surface area contributed by atoms with E-state index < -0.39 is 0 Å². The summed E-state index contributed by atoms with van der Waals surface area (Å²) >= 11 is 0. The van der Waals surface area contributed by atoms with E-state index in [1.165, 1.54) is 25.7 Å². The third-order valence-electron chi connectivity index (χ3n) is 4.46. The molecule has 1 aromatic rings. The van der Waals surface area contributed by atoms with Crippen molar-refractivity contribution in [2.75, 3.05) is 0 Å². The van der Waals surface area contributed by atoms with Gasteiger partial charge < -0.3 is 0 Å². The lowest BCUT2D eigenvalue weighted by molar-refractivity contribution is 0.0931. The summed E-state index contributed by atoms with van der Waals surface area (Å²) in [6.07, 6.45) is 7.78. The second-order valence-electron chi connectivity index (χ2n) is 6.44. The summed E-state index contributed by atoms with van der Waals surface area (Å²) in [6, 6.07) is 4.06. The number of aromatic nitrogens is 1. The van der Waals surface area contributed by atoms with Gasteiger partial charge in [0.15, 0.2) is 5.78 Å². The van der Waals surface area contributed by atoms with Crippen LogP contribution in [0.2, 0.25) is 0 Å². The van der Waals surface area contributed by atoms with Gasteiger partial charge in [-0.2, -0.15) is 0 Å². The number of hydrogen-bond acceptors (Lipinski definition) is 2. The van der Waals surface area contributed by atoms with Crippen molar-refractivity contribution < 1.29 is 4.79 Å². The zero-order valence-corrected chi connectivity index (χ0v) is 13.1. The van der Waals surface area contributed by atoms with Crippen LogP contribution in [0, 0.1) is 11.8 Å². The number of pyridine rings is 1. The van der Waals surface area contributed by atoms with Crippen molar-refractivity contribution in [3.8, 4) is 0 Å². The molecule has 2 heteroatoms. The van der Waals surface area contributed by atoms with Gasteiger partial charge in [-0.3, -0.25) is 9.78 Å². The van der Waals surface area contributed by atoms with E-state index in [1.807, 2.05) is 6.07 Å². The van der Waals surface area contributed by atoms with Gasteiger partial charge in [-0.25, -0.2) is 0 Å². The number of rotatable bonds is 6. The van der Waals surface area contributed by atoms with Gasteiger partial charge in [-0.15, -0.1) is 0 Å². The molecule has 0 aliphatic heterocycles. The smallest absolute Gasteiger partial charge is 0.165 e. The standard InChI is InChI=1S/C18H27NO/c1-4-5-6-7-8-15-9-10-16-17(19-15)11-14(13(2)3)12-18(16)20/h9-10,13-14H,4-8,11-12H2,1-3H3. The number of ketones is 1. The maximum atomic E-state index is 12.2. The van der Waals surface area contributed by atoms with Crippen LogP contribution in [0.25, 0.3) is 0 Å². The minimum atomic E-state index is 0.287. The largest absolute Gasteiger partial charge is 0.294 e. The molecule has 1 atom stereocenters.